The first-order chi connectivity index (χ1) is 36.3. The number of nitrogens with two attached hydrogens (primary N) is 1. The Morgan fingerprint density at radius 3 is 2.59 bits per heavy atom. The second kappa shape index (κ2) is 19.4. The van der Waals surface area contributed by atoms with Gasteiger partial charge in [0.2, 0.25) is 5.91 Å². The van der Waals surface area contributed by atoms with Gasteiger partial charge in [-0.1, -0.05) is 77.1 Å². The Morgan fingerprint density at radius 2 is 1.75 bits per heavy atom. The van der Waals surface area contributed by atoms with E-state index < -0.39 is 22.5 Å². The third-order valence-electron chi connectivity index (χ3n) is 23.0. The summed E-state index contributed by atoms with van der Waals surface area (Å²) in [6, 6.07) is 13.0. The molecule has 13 aliphatic rings. The number of benzene rings is 2. The Balaban J connectivity index is 0.923. The summed E-state index contributed by atoms with van der Waals surface area (Å²) in [5.41, 5.74) is 9.72. The van der Waals surface area contributed by atoms with Gasteiger partial charge in [-0.3, -0.25) is 14.6 Å². The van der Waals surface area contributed by atoms with Gasteiger partial charge >= 0.3 is 5.97 Å². The lowest BCUT2D eigenvalue weighted by atomic mass is 9.60. The van der Waals surface area contributed by atoms with Crippen molar-refractivity contribution >= 4 is 39.4 Å². The fourth-order valence-electron chi connectivity index (χ4n) is 19.2. The van der Waals surface area contributed by atoms with Crippen molar-refractivity contribution in [2.45, 2.75) is 227 Å². The van der Waals surface area contributed by atoms with Gasteiger partial charge in [-0.15, -0.1) is 5.92 Å². The Hall–Kier alpha value is -3.53. The van der Waals surface area contributed by atoms with Gasteiger partial charge in [-0.25, -0.2) is 0 Å². The van der Waals surface area contributed by atoms with E-state index in [2.05, 4.69) is 75.1 Å². The molecule has 10 nitrogen and oxygen atoms in total. The molecule has 6 aliphatic heterocycles. The van der Waals surface area contributed by atoms with E-state index in [1.807, 2.05) is 4.90 Å². The summed E-state index contributed by atoms with van der Waals surface area (Å²) >= 11 is 0. The molecule has 0 aromatic heterocycles. The smallest absolute Gasteiger partial charge is 0.303 e. The van der Waals surface area contributed by atoms with Gasteiger partial charge < -0.3 is 35.6 Å². The van der Waals surface area contributed by atoms with E-state index in [9.17, 15) is 15.0 Å². The van der Waals surface area contributed by atoms with Crippen molar-refractivity contribution in [3.8, 4) is 23.3 Å². The normalized spacial score (nSPS) is 41.1. The molecule has 1 amide bonds. The molecule has 7 saturated carbocycles. The van der Waals surface area contributed by atoms with Crippen LogP contribution in [0.5, 0.6) is 11.5 Å². The Labute approximate surface area is 454 Å². The lowest BCUT2D eigenvalue weighted by molar-refractivity contribution is -0.169. The molecule has 0 radical (unpaired) electrons. The van der Waals surface area contributed by atoms with E-state index in [1.54, 1.807) is 0 Å². The number of carbonyl (C=O) groups is 2. The fraction of sp³-hybridized carbons (Fsp3) is 0.730. The first kappa shape index (κ1) is 50.9. The third kappa shape index (κ3) is 8.65. The van der Waals surface area contributed by atoms with Crippen LogP contribution in [0.4, 0.5) is 0 Å². The second-order valence-corrected chi connectivity index (χ2v) is 29.5. The molecule has 6 spiro atoms. The van der Waals surface area contributed by atoms with Crippen molar-refractivity contribution in [1.82, 2.24) is 10.2 Å². The number of hydrogen-bond acceptors (Lipinski definition) is 11. The minimum atomic E-state index is -0.789. The lowest BCUT2D eigenvalue weighted by Gasteiger charge is -2.45. The predicted molar refractivity (Wildman–Crippen MR) is 298 cm³/mol. The van der Waals surface area contributed by atoms with Crippen LogP contribution >= 0.6 is 21.6 Å². The topological polar surface area (TPSA) is 147 Å². The van der Waals surface area contributed by atoms with Crippen LogP contribution in [-0.2, 0) is 27.3 Å². The molecule has 5 N–H and O–H groups in total. The summed E-state index contributed by atoms with van der Waals surface area (Å²) in [6.07, 6.45) is 27.3. The number of aliphatic hydroxyl groups is 1. The zero-order valence-electron chi connectivity index (χ0n) is 44.9. The van der Waals surface area contributed by atoms with Crippen molar-refractivity contribution in [2.24, 2.45) is 50.1 Å². The molecule has 2 aromatic carbocycles. The maximum absolute atomic E-state index is 15.3. The number of carbonyl (C=O) groups excluding carboxylic acids is 2. The number of aliphatic imine (C=N–C) groups is 1. The van der Waals surface area contributed by atoms with Gasteiger partial charge in [0.05, 0.1) is 18.1 Å². The molecular weight excluding hydrogens is 973 g/mol. The minimum Gasteiger partial charge on any atom is -0.504 e. The highest BCUT2D eigenvalue weighted by molar-refractivity contribution is 8.77. The van der Waals surface area contributed by atoms with Crippen molar-refractivity contribution in [3.05, 3.63) is 58.7 Å². The van der Waals surface area contributed by atoms with Crippen LogP contribution in [0, 0.1) is 51.3 Å². The molecule has 12 unspecified atom stereocenters. The van der Waals surface area contributed by atoms with E-state index in [4.69, 9.17) is 20.2 Å². The number of aromatic hydroxyl groups is 1. The first-order valence-corrected chi connectivity index (χ1v) is 32.3. The average molecular weight is 1060 g/mol. The lowest BCUT2D eigenvalue weighted by Crippen LogP contribution is -2.56. The Bertz CT molecular complexity index is 2650. The first-order valence-electron chi connectivity index (χ1n) is 29.9. The molecule has 75 heavy (non-hydrogen) atoms. The number of hydrogen-bond donors (Lipinski definition) is 4. The van der Waals surface area contributed by atoms with Crippen LogP contribution < -0.4 is 15.8 Å². The molecule has 12 atom stereocenters. The van der Waals surface area contributed by atoms with Crippen LogP contribution in [-0.4, -0.2) is 74.0 Å². The van der Waals surface area contributed by atoms with E-state index >= 15 is 4.79 Å². The maximum Gasteiger partial charge on any atom is 0.303 e. The molecule has 15 rings (SSSR count). The number of ether oxygens (including phenoxy) is 2. The molecule has 7 aliphatic carbocycles. The number of rotatable bonds is 2. The zero-order chi connectivity index (χ0) is 51.3. The molecule has 12 bridgehead atoms. The van der Waals surface area contributed by atoms with E-state index in [0.29, 0.717) is 67.7 Å². The molecule has 404 valence electrons. The average Bonchev–Trinajstić information content (AvgIpc) is 4.28. The summed E-state index contributed by atoms with van der Waals surface area (Å²) in [6.45, 7) is 2.71. The number of fused-ring (bicyclic) bond motifs is 9. The van der Waals surface area contributed by atoms with Gasteiger partial charge in [0.25, 0.3) is 0 Å². The van der Waals surface area contributed by atoms with Crippen LogP contribution in [0.15, 0.2) is 41.4 Å². The van der Waals surface area contributed by atoms with Crippen LogP contribution in [0.1, 0.15) is 214 Å². The number of amides is 1. The van der Waals surface area contributed by atoms with Crippen molar-refractivity contribution in [3.63, 3.8) is 0 Å². The monoisotopic (exact) mass is 1060 g/mol. The van der Waals surface area contributed by atoms with Crippen molar-refractivity contribution in [2.75, 3.05) is 18.8 Å². The molecule has 1 saturated heterocycles. The number of aliphatic hydroxyl groups excluding tert-OH is 1. The molecule has 12 heteroatoms. The Kier molecular flexibility index (Phi) is 13.2. The number of esters is 1. The van der Waals surface area contributed by atoms with E-state index in [0.717, 1.165) is 119 Å². The largest absolute Gasteiger partial charge is 0.504 e. The highest BCUT2D eigenvalue weighted by Crippen LogP contribution is 2.68. The maximum atomic E-state index is 15.3. The van der Waals surface area contributed by atoms with Gasteiger partial charge in [0, 0.05) is 67.0 Å². The predicted octanol–water partition coefficient (Wildman–Crippen LogP) is 12.4. The zero-order valence-corrected chi connectivity index (χ0v) is 46.5. The van der Waals surface area contributed by atoms with Gasteiger partial charge in [0.15, 0.2) is 17.5 Å². The summed E-state index contributed by atoms with van der Waals surface area (Å²) in [5.74, 6) is 11.6. The van der Waals surface area contributed by atoms with E-state index in [-0.39, 0.29) is 57.8 Å². The summed E-state index contributed by atoms with van der Waals surface area (Å²) in [5, 5.41) is 29.0. The second-order valence-electron chi connectivity index (χ2n) is 26.9. The summed E-state index contributed by atoms with van der Waals surface area (Å²) in [4.78, 5) is 35.6. The number of phenolic OH excluding ortho intramolecular Hbond substituents is 1. The summed E-state index contributed by atoms with van der Waals surface area (Å²) in [7, 11) is 4.18. The number of guanidine groups is 1. The van der Waals surface area contributed by atoms with Crippen LogP contribution in [0.3, 0.4) is 0 Å². The number of aryl methyl sites for hydroxylation is 1. The fourth-order valence-corrected chi connectivity index (χ4v) is 23.4. The highest BCUT2D eigenvalue weighted by Gasteiger charge is 2.65. The van der Waals surface area contributed by atoms with Crippen LogP contribution in [0.2, 0.25) is 0 Å². The number of nitrogens with one attached hydrogen (secondary N) is 1. The van der Waals surface area contributed by atoms with Gasteiger partial charge in [-0.2, -0.15) is 0 Å². The molecular formula is C63H84N4O6S2. The number of nitrogens with zero attached hydrogens (tertiary/aromatic N) is 2. The SMILES string of the molecule is CC(=O)OC12CCc3cc(c(O)c4c3C3CCC5(CCCC5C3)O4)CN3CC4(CC3=O)C(c3ccccc3)CCC43C#CCC4CCC5(CCCC5(NC(N)=NC3)SSCC3(CCCC3)CCCC(CC1)C(O)C2)C4. The van der Waals surface area contributed by atoms with Crippen molar-refractivity contribution in [1.29, 1.82) is 0 Å². The minimum absolute atomic E-state index is 0.0812. The summed E-state index contributed by atoms with van der Waals surface area (Å²) < 4.78 is 13.7. The molecule has 6 heterocycles. The van der Waals surface area contributed by atoms with Crippen molar-refractivity contribution < 1.29 is 29.3 Å². The Morgan fingerprint density at radius 1 is 0.907 bits per heavy atom. The van der Waals surface area contributed by atoms with Gasteiger partial charge in [0.1, 0.15) is 16.1 Å². The molecule has 8 fully saturated rings. The standard InChI is InChI=1S/C63H84N4O6S2/c1-42(68)72-60-30-17-45(51(69)36-60)14-8-23-57(21-5-6-22-57)41-74-75-63-27-10-25-58(63)28-16-43(35-58)11-7-24-59(39-65-56(64)66-63)29-20-50(44-12-3-2-4-13-44)61(59)37-52(70)67(40-61)38-48-33-46(18-31-60)53-47-19-32-62(73-55(53)54(48)71)26-9-15-49(62)34-47/h2-4,12-13,33,43,45,47,49-51,69,71H,5-6,8-11,14-23,25-32,34-41H2,1H3,(H3,64,65,66). The highest BCUT2D eigenvalue weighted by atomic mass is 33.1. The van der Waals surface area contributed by atoms with Crippen LogP contribution in [0.25, 0.3) is 0 Å². The number of phenols is 1. The quantitative estimate of drug-likeness (QED) is 0.130. The molecule has 2 aromatic rings. The third-order valence-corrected chi connectivity index (χ3v) is 26.5. The van der Waals surface area contributed by atoms with Gasteiger partial charge in [-0.05, 0) is 193 Å². The van der Waals surface area contributed by atoms with E-state index in [1.165, 1.54) is 70.3 Å².